The van der Waals surface area contributed by atoms with Gasteiger partial charge in [0.25, 0.3) is 0 Å². The van der Waals surface area contributed by atoms with Crippen LogP contribution in [0.5, 0.6) is 0 Å². The smallest absolute Gasteiger partial charge is 0.189 e. The van der Waals surface area contributed by atoms with Crippen molar-refractivity contribution in [3.05, 3.63) is 71.8 Å². The molecule has 2 unspecified atom stereocenters. The molecule has 2 atom stereocenters. The molecule has 0 saturated carbocycles. The molecular formula is C17H21N3. The molecule has 0 bridgehead atoms. The van der Waals surface area contributed by atoms with Crippen LogP contribution in [0.15, 0.2) is 65.7 Å². The minimum atomic E-state index is 0.0478. The Morgan fingerprint density at radius 3 is 1.95 bits per heavy atom. The normalized spacial score (nSPS) is 14.6. The molecule has 0 aliphatic rings. The zero-order chi connectivity index (χ0) is 14.4. The Morgan fingerprint density at radius 1 is 0.900 bits per heavy atom. The molecule has 2 aromatic carbocycles. The van der Waals surface area contributed by atoms with Gasteiger partial charge < -0.3 is 11.1 Å². The fourth-order valence-corrected chi connectivity index (χ4v) is 2.10. The van der Waals surface area contributed by atoms with E-state index >= 15 is 0 Å². The maximum atomic E-state index is 5.99. The van der Waals surface area contributed by atoms with Gasteiger partial charge in [0.1, 0.15) is 0 Å². The van der Waals surface area contributed by atoms with Gasteiger partial charge in [0.2, 0.25) is 0 Å². The number of guanidine groups is 1. The van der Waals surface area contributed by atoms with Crippen molar-refractivity contribution in [3.8, 4) is 0 Å². The number of hydrogen-bond donors (Lipinski definition) is 2. The second-order valence-corrected chi connectivity index (χ2v) is 4.88. The van der Waals surface area contributed by atoms with Crippen molar-refractivity contribution in [1.82, 2.24) is 5.32 Å². The van der Waals surface area contributed by atoms with Crippen LogP contribution in [-0.4, -0.2) is 5.96 Å². The van der Waals surface area contributed by atoms with Crippen LogP contribution in [0.25, 0.3) is 0 Å². The molecule has 2 rings (SSSR count). The van der Waals surface area contributed by atoms with E-state index in [0.29, 0.717) is 5.96 Å². The van der Waals surface area contributed by atoms with Gasteiger partial charge in [-0.15, -0.1) is 0 Å². The SMILES string of the molecule is CC(N=C(N)NC(C)c1ccccc1)c1ccccc1. The fraction of sp³-hybridized carbons (Fsp3) is 0.235. The lowest BCUT2D eigenvalue weighted by atomic mass is 10.1. The lowest BCUT2D eigenvalue weighted by Crippen LogP contribution is -2.34. The zero-order valence-corrected chi connectivity index (χ0v) is 12.0. The summed E-state index contributed by atoms with van der Waals surface area (Å²) in [6.07, 6.45) is 0. The monoisotopic (exact) mass is 267 g/mol. The summed E-state index contributed by atoms with van der Waals surface area (Å²) in [4.78, 5) is 4.50. The number of benzene rings is 2. The molecule has 0 fully saturated rings. The average Bonchev–Trinajstić information content (AvgIpc) is 2.49. The van der Waals surface area contributed by atoms with Crippen molar-refractivity contribution in [3.63, 3.8) is 0 Å². The van der Waals surface area contributed by atoms with Crippen LogP contribution in [0, 0.1) is 0 Å². The van der Waals surface area contributed by atoms with Crippen molar-refractivity contribution < 1.29 is 0 Å². The molecule has 0 spiro atoms. The van der Waals surface area contributed by atoms with E-state index in [0.717, 1.165) is 5.56 Å². The number of aliphatic imine (C=N–C) groups is 1. The van der Waals surface area contributed by atoms with Crippen LogP contribution < -0.4 is 11.1 Å². The van der Waals surface area contributed by atoms with E-state index in [1.165, 1.54) is 5.56 Å². The summed E-state index contributed by atoms with van der Waals surface area (Å²) in [5.74, 6) is 0.470. The summed E-state index contributed by atoms with van der Waals surface area (Å²) in [6, 6.07) is 20.5. The Hall–Kier alpha value is -2.29. The lowest BCUT2D eigenvalue weighted by Gasteiger charge is -2.16. The third-order valence-electron chi connectivity index (χ3n) is 3.28. The molecule has 104 valence electrons. The van der Waals surface area contributed by atoms with Crippen LogP contribution in [0.4, 0.5) is 0 Å². The summed E-state index contributed by atoms with van der Waals surface area (Å²) in [7, 11) is 0. The summed E-state index contributed by atoms with van der Waals surface area (Å²) in [5.41, 5.74) is 8.34. The first-order chi connectivity index (χ1) is 9.66. The second kappa shape index (κ2) is 6.75. The summed E-state index contributed by atoms with van der Waals surface area (Å²) < 4.78 is 0. The summed E-state index contributed by atoms with van der Waals surface area (Å²) in [5, 5.41) is 3.22. The quantitative estimate of drug-likeness (QED) is 0.659. The minimum Gasteiger partial charge on any atom is -0.370 e. The first-order valence-corrected chi connectivity index (χ1v) is 6.86. The third kappa shape index (κ3) is 3.85. The highest BCUT2D eigenvalue weighted by molar-refractivity contribution is 5.78. The molecular weight excluding hydrogens is 246 g/mol. The molecule has 3 nitrogen and oxygen atoms in total. The maximum Gasteiger partial charge on any atom is 0.189 e. The van der Waals surface area contributed by atoms with Crippen molar-refractivity contribution in [2.24, 2.45) is 10.7 Å². The van der Waals surface area contributed by atoms with E-state index in [-0.39, 0.29) is 12.1 Å². The predicted molar refractivity (Wildman–Crippen MR) is 84.5 cm³/mol. The third-order valence-corrected chi connectivity index (χ3v) is 3.28. The van der Waals surface area contributed by atoms with Crippen LogP contribution >= 0.6 is 0 Å². The molecule has 0 heterocycles. The fourth-order valence-electron chi connectivity index (χ4n) is 2.10. The van der Waals surface area contributed by atoms with Gasteiger partial charge in [-0.25, -0.2) is 4.99 Å². The van der Waals surface area contributed by atoms with Gasteiger partial charge in [-0.3, -0.25) is 0 Å². The number of nitrogens with two attached hydrogens (primary N) is 1. The molecule has 0 amide bonds. The van der Waals surface area contributed by atoms with Gasteiger partial charge in [0, 0.05) is 0 Å². The topological polar surface area (TPSA) is 50.4 Å². The minimum absolute atomic E-state index is 0.0478. The molecule has 0 radical (unpaired) electrons. The van der Waals surface area contributed by atoms with Gasteiger partial charge in [0.05, 0.1) is 12.1 Å². The summed E-state index contributed by atoms with van der Waals surface area (Å²) >= 11 is 0. The van der Waals surface area contributed by atoms with E-state index in [9.17, 15) is 0 Å². The average molecular weight is 267 g/mol. The highest BCUT2D eigenvalue weighted by atomic mass is 15.1. The van der Waals surface area contributed by atoms with Gasteiger partial charge in [-0.05, 0) is 25.0 Å². The zero-order valence-electron chi connectivity index (χ0n) is 12.0. The number of nitrogens with one attached hydrogen (secondary N) is 1. The maximum absolute atomic E-state index is 5.99. The van der Waals surface area contributed by atoms with Gasteiger partial charge in [0.15, 0.2) is 5.96 Å². The Labute approximate surface area is 120 Å². The standard InChI is InChI=1S/C17H21N3/c1-13(15-9-5-3-6-10-15)19-17(18)20-14(2)16-11-7-4-8-12-16/h3-14H,1-2H3,(H3,18,19,20). The molecule has 0 aliphatic carbocycles. The first kappa shape index (κ1) is 14.1. The molecule has 0 aliphatic heterocycles. The van der Waals surface area contributed by atoms with Gasteiger partial charge in [-0.2, -0.15) is 0 Å². The van der Waals surface area contributed by atoms with Crippen molar-refractivity contribution >= 4 is 5.96 Å². The molecule has 3 heteroatoms. The lowest BCUT2D eigenvalue weighted by molar-refractivity contribution is 0.697. The van der Waals surface area contributed by atoms with Gasteiger partial charge >= 0.3 is 0 Å². The van der Waals surface area contributed by atoms with Crippen LogP contribution in [0.2, 0.25) is 0 Å². The van der Waals surface area contributed by atoms with E-state index in [4.69, 9.17) is 5.73 Å². The predicted octanol–water partition coefficient (Wildman–Crippen LogP) is 3.41. The van der Waals surface area contributed by atoms with Crippen molar-refractivity contribution in [2.45, 2.75) is 25.9 Å². The van der Waals surface area contributed by atoms with Crippen LogP contribution in [0.3, 0.4) is 0 Å². The van der Waals surface area contributed by atoms with E-state index in [1.807, 2.05) is 43.3 Å². The van der Waals surface area contributed by atoms with Crippen molar-refractivity contribution in [1.29, 1.82) is 0 Å². The number of rotatable bonds is 4. The number of nitrogens with zero attached hydrogens (tertiary/aromatic N) is 1. The molecule has 0 aromatic heterocycles. The van der Waals surface area contributed by atoms with Crippen LogP contribution in [0.1, 0.15) is 37.1 Å². The largest absolute Gasteiger partial charge is 0.370 e. The van der Waals surface area contributed by atoms with Gasteiger partial charge in [-0.1, -0.05) is 60.7 Å². The molecule has 20 heavy (non-hydrogen) atoms. The molecule has 0 saturated heterocycles. The van der Waals surface area contributed by atoms with Crippen molar-refractivity contribution in [2.75, 3.05) is 0 Å². The Bertz CT molecular complexity index is 549. The second-order valence-electron chi connectivity index (χ2n) is 4.88. The van der Waals surface area contributed by atoms with E-state index < -0.39 is 0 Å². The Morgan fingerprint density at radius 2 is 1.40 bits per heavy atom. The van der Waals surface area contributed by atoms with E-state index in [1.54, 1.807) is 0 Å². The van der Waals surface area contributed by atoms with Crippen LogP contribution in [-0.2, 0) is 0 Å². The Balaban J connectivity index is 2.01. The first-order valence-electron chi connectivity index (χ1n) is 6.86. The van der Waals surface area contributed by atoms with E-state index in [2.05, 4.69) is 41.5 Å². The highest BCUT2D eigenvalue weighted by Crippen LogP contribution is 2.16. The summed E-state index contributed by atoms with van der Waals surface area (Å²) in [6.45, 7) is 4.11. The Kier molecular flexibility index (Phi) is 4.77. The number of hydrogen-bond acceptors (Lipinski definition) is 1. The molecule has 3 N–H and O–H groups in total. The highest BCUT2D eigenvalue weighted by Gasteiger charge is 2.07. The molecule has 2 aromatic rings.